The minimum Gasteiger partial charge on any atom is -0.468 e. The molecule has 3 rings (SSSR count). The van der Waals surface area contributed by atoms with Crippen LogP contribution in [0.4, 0.5) is 4.39 Å². The van der Waals surface area contributed by atoms with Crippen LogP contribution in [-0.2, 0) is 20.9 Å². The second kappa shape index (κ2) is 7.25. The number of fused-ring (bicyclic) bond motifs is 1. The zero-order valence-electron chi connectivity index (χ0n) is 13.5. The van der Waals surface area contributed by atoms with Crippen LogP contribution < -0.4 is 4.80 Å². The van der Waals surface area contributed by atoms with Gasteiger partial charge in [0.15, 0.2) is 4.80 Å². The lowest BCUT2D eigenvalue weighted by Crippen LogP contribution is -2.22. The maximum Gasteiger partial charge on any atom is 0.325 e. The molecule has 24 heavy (non-hydrogen) atoms. The molecule has 0 N–H and O–H groups in total. The Labute approximate surface area is 142 Å². The summed E-state index contributed by atoms with van der Waals surface area (Å²) in [6.45, 7) is -0.0579. The summed E-state index contributed by atoms with van der Waals surface area (Å²) in [6.07, 6.45) is 4.91. The highest BCUT2D eigenvalue weighted by molar-refractivity contribution is 7.16. The van der Waals surface area contributed by atoms with Crippen molar-refractivity contribution in [1.82, 2.24) is 4.57 Å². The fraction of sp³-hybridized carbons (Fsp3) is 0.471. The minimum absolute atomic E-state index is 0.0579. The number of carbonyl (C=O) groups excluding carboxylic acids is 2. The van der Waals surface area contributed by atoms with Crippen molar-refractivity contribution >= 4 is 33.4 Å². The van der Waals surface area contributed by atoms with E-state index in [4.69, 9.17) is 4.74 Å². The van der Waals surface area contributed by atoms with Gasteiger partial charge in [-0.1, -0.05) is 24.2 Å². The minimum atomic E-state index is -0.441. The molecule has 1 aromatic heterocycles. The van der Waals surface area contributed by atoms with E-state index in [1.165, 1.54) is 43.4 Å². The van der Waals surface area contributed by atoms with Crippen molar-refractivity contribution in [3.05, 3.63) is 28.8 Å². The van der Waals surface area contributed by atoms with Gasteiger partial charge >= 0.3 is 5.97 Å². The van der Waals surface area contributed by atoms with Gasteiger partial charge in [0.25, 0.3) is 0 Å². The van der Waals surface area contributed by atoms with Gasteiger partial charge in [0.05, 0.1) is 17.3 Å². The van der Waals surface area contributed by atoms with E-state index in [1.807, 2.05) is 0 Å². The summed E-state index contributed by atoms with van der Waals surface area (Å²) in [7, 11) is 1.30. The van der Waals surface area contributed by atoms with Crippen LogP contribution in [0.15, 0.2) is 23.2 Å². The van der Waals surface area contributed by atoms with Crippen LogP contribution in [0.2, 0.25) is 0 Å². The van der Waals surface area contributed by atoms with Gasteiger partial charge in [-0.25, -0.2) is 4.39 Å². The number of thiazole rings is 1. The molecule has 1 aromatic carbocycles. The summed E-state index contributed by atoms with van der Waals surface area (Å²) < 4.78 is 20.4. The fourth-order valence-electron chi connectivity index (χ4n) is 3.09. The van der Waals surface area contributed by atoms with Crippen LogP contribution >= 0.6 is 11.3 Å². The van der Waals surface area contributed by atoms with Crippen LogP contribution in [-0.4, -0.2) is 23.6 Å². The van der Waals surface area contributed by atoms with Gasteiger partial charge in [-0.05, 0) is 37.0 Å². The molecule has 1 amide bonds. The first kappa shape index (κ1) is 16.8. The van der Waals surface area contributed by atoms with Crippen molar-refractivity contribution in [3.63, 3.8) is 0 Å². The summed E-state index contributed by atoms with van der Waals surface area (Å²) in [4.78, 5) is 28.5. The third-order valence-electron chi connectivity index (χ3n) is 4.32. The average Bonchev–Trinajstić information content (AvgIpc) is 3.15. The van der Waals surface area contributed by atoms with Crippen LogP contribution in [0.3, 0.4) is 0 Å². The Balaban J connectivity index is 1.97. The molecule has 0 radical (unpaired) electrons. The van der Waals surface area contributed by atoms with Crippen molar-refractivity contribution in [2.24, 2.45) is 10.9 Å². The topological polar surface area (TPSA) is 60.7 Å². The van der Waals surface area contributed by atoms with Gasteiger partial charge in [-0.2, -0.15) is 4.99 Å². The Morgan fingerprint density at radius 2 is 2.12 bits per heavy atom. The van der Waals surface area contributed by atoms with Crippen LogP contribution in [0.1, 0.15) is 32.1 Å². The molecule has 7 heteroatoms. The number of methoxy groups -OCH3 is 1. The van der Waals surface area contributed by atoms with E-state index < -0.39 is 5.97 Å². The molecular formula is C17H19FN2O3S. The van der Waals surface area contributed by atoms with Crippen LogP contribution in [0, 0.1) is 11.7 Å². The van der Waals surface area contributed by atoms with Crippen molar-refractivity contribution in [2.45, 2.75) is 38.6 Å². The van der Waals surface area contributed by atoms with E-state index in [-0.39, 0.29) is 18.3 Å². The molecule has 0 aliphatic heterocycles. The van der Waals surface area contributed by atoms with Gasteiger partial charge in [-0.15, -0.1) is 0 Å². The first-order valence-electron chi connectivity index (χ1n) is 8.00. The predicted octanol–water partition coefficient (Wildman–Crippen LogP) is 3.02. The van der Waals surface area contributed by atoms with Gasteiger partial charge in [0.1, 0.15) is 12.4 Å². The molecule has 0 saturated heterocycles. The molecule has 5 nitrogen and oxygen atoms in total. The average molecular weight is 350 g/mol. The Bertz CT molecular complexity index is 834. The lowest BCUT2D eigenvalue weighted by molar-refractivity contribution is -0.141. The molecule has 0 spiro atoms. The maximum atomic E-state index is 13.4. The summed E-state index contributed by atoms with van der Waals surface area (Å²) in [6, 6.07) is 4.30. The molecule has 0 unspecified atom stereocenters. The van der Waals surface area contributed by atoms with E-state index in [0.717, 1.165) is 12.8 Å². The van der Waals surface area contributed by atoms with E-state index in [0.29, 0.717) is 27.4 Å². The summed E-state index contributed by atoms with van der Waals surface area (Å²) >= 11 is 1.20. The Morgan fingerprint density at radius 1 is 1.38 bits per heavy atom. The largest absolute Gasteiger partial charge is 0.468 e. The SMILES string of the molecule is COC(=O)Cn1c(=NC(=O)CC2CCCC2)sc2cc(F)ccc21. The Hall–Kier alpha value is -2.02. The lowest BCUT2D eigenvalue weighted by atomic mass is 10.0. The molecule has 1 aliphatic rings. The zero-order chi connectivity index (χ0) is 17.1. The van der Waals surface area contributed by atoms with Crippen molar-refractivity contribution < 1.29 is 18.7 Å². The number of hydrogen-bond donors (Lipinski definition) is 0. The molecule has 1 heterocycles. The summed E-state index contributed by atoms with van der Waals surface area (Å²) in [5.74, 6) is -0.587. The smallest absolute Gasteiger partial charge is 0.325 e. The van der Waals surface area contributed by atoms with Gasteiger partial charge in [0.2, 0.25) is 5.91 Å². The number of ether oxygens (including phenoxy) is 1. The number of amides is 1. The standard InChI is InChI=1S/C17H19FN2O3S/c1-23-16(22)10-20-13-7-6-12(18)9-14(13)24-17(20)19-15(21)8-11-4-2-3-5-11/h6-7,9,11H,2-5,8,10H2,1H3. The van der Waals surface area contributed by atoms with Crippen LogP contribution in [0.5, 0.6) is 0 Å². The van der Waals surface area contributed by atoms with E-state index in [2.05, 4.69) is 4.99 Å². The number of carbonyl (C=O) groups is 2. The third-order valence-corrected chi connectivity index (χ3v) is 5.36. The first-order chi connectivity index (χ1) is 11.6. The monoisotopic (exact) mass is 350 g/mol. The van der Waals surface area contributed by atoms with Crippen molar-refractivity contribution in [1.29, 1.82) is 0 Å². The number of hydrogen-bond acceptors (Lipinski definition) is 4. The van der Waals surface area contributed by atoms with Crippen molar-refractivity contribution in [3.8, 4) is 0 Å². The third kappa shape index (κ3) is 3.72. The number of nitrogens with zero attached hydrogens (tertiary/aromatic N) is 2. The molecule has 1 aliphatic carbocycles. The highest BCUT2D eigenvalue weighted by Crippen LogP contribution is 2.27. The fourth-order valence-corrected chi connectivity index (χ4v) is 4.16. The van der Waals surface area contributed by atoms with E-state index >= 15 is 0 Å². The van der Waals surface area contributed by atoms with Gasteiger partial charge in [-0.3, -0.25) is 9.59 Å². The number of benzene rings is 1. The van der Waals surface area contributed by atoms with Crippen molar-refractivity contribution in [2.75, 3.05) is 7.11 Å². The summed E-state index contributed by atoms with van der Waals surface area (Å²) in [5, 5.41) is 0. The second-order valence-electron chi connectivity index (χ2n) is 6.02. The molecule has 1 saturated carbocycles. The second-order valence-corrected chi connectivity index (χ2v) is 7.03. The van der Waals surface area contributed by atoms with Gasteiger partial charge < -0.3 is 9.30 Å². The first-order valence-corrected chi connectivity index (χ1v) is 8.81. The summed E-state index contributed by atoms with van der Waals surface area (Å²) in [5.41, 5.74) is 0.666. The lowest BCUT2D eigenvalue weighted by Gasteiger charge is -2.05. The van der Waals surface area contributed by atoms with Crippen LogP contribution in [0.25, 0.3) is 10.2 Å². The number of esters is 1. The Morgan fingerprint density at radius 3 is 2.83 bits per heavy atom. The molecule has 128 valence electrons. The predicted molar refractivity (Wildman–Crippen MR) is 88.9 cm³/mol. The Kier molecular flexibility index (Phi) is 5.08. The number of halogens is 1. The van der Waals surface area contributed by atoms with Gasteiger partial charge in [0, 0.05) is 6.42 Å². The van der Waals surface area contributed by atoms with E-state index in [9.17, 15) is 14.0 Å². The molecule has 2 aromatic rings. The zero-order valence-corrected chi connectivity index (χ0v) is 14.3. The number of rotatable bonds is 4. The highest BCUT2D eigenvalue weighted by atomic mass is 32.1. The maximum absolute atomic E-state index is 13.4. The number of aromatic nitrogens is 1. The highest BCUT2D eigenvalue weighted by Gasteiger charge is 2.19. The molecule has 0 bridgehead atoms. The molecule has 0 atom stereocenters. The molecular weight excluding hydrogens is 331 g/mol. The van der Waals surface area contributed by atoms with E-state index in [1.54, 1.807) is 10.6 Å². The quantitative estimate of drug-likeness (QED) is 0.797. The normalized spacial score (nSPS) is 16.0. The molecule has 1 fully saturated rings.